The summed E-state index contributed by atoms with van der Waals surface area (Å²) in [5, 5.41) is 37.8. The molecule has 4 amide bonds. The number of amides is 4. The maximum absolute atomic E-state index is 13.4. The second-order valence-corrected chi connectivity index (χ2v) is 16.0. The summed E-state index contributed by atoms with van der Waals surface area (Å²) in [5.41, 5.74) is 6.75. The third-order valence-corrected chi connectivity index (χ3v) is 10.9. The van der Waals surface area contributed by atoms with Crippen molar-refractivity contribution in [2.75, 3.05) is 22.5 Å². The smallest absolute Gasteiger partial charge is 0.413 e. The van der Waals surface area contributed by atoms with Gasteiger partial charge in [-0.1, -0.05) is 90.7 Å². The first kappa shape index (κ1) is 50.0. The lowest BCUT2D eigenvalue weighted by molar-refractivity contribution is -0.136. The number of aryl methyl sites for hydroxylation is 2. The fourth-order valence-corrected chi connectivity index (χ4v) is 7.18. The van der Waals surface area contributed by atoms with E-state index in [1.54, 1.807) is 94.8 Å². The first-order valence-electron chi connectivity index (χ1n) is 22.2. The Balaban J connectivity index is 1.04. The van der Waals surface area contributed by atoms with E-state index in [0.29, 0.717) is 67.5 Å². The Morgan fingerprint density at radius 3 is 1.74 bits per heavy atom. The molecule has 0 aliphatic heterocycles. The average molecular weight is 967 g/mol. The SMILES string of the molecule is C[C@@H](OC(=O)Nc1c(-c2ccc(C#CC(=O)Nc3ccc(C(=O)O)cc3)cc2)cnn1C)c1ccc(-c2nn(C)c(NC(=O)O[C@H](C)c3ccccc3)c2-c2ccc(C#CC(=O)NCCC(=O)O)cc2)cc1. The minimum atomic E-state index is -1.07. The molecule has 18 nitrogen and oxygen atoms in total. The molecule has 7 aromatic rings. The number of hydrogen-bond donors (Lipinski definition) is 6. The van der Waals surface area contributed by atoms with Crippen molar-refractivity contribution >= 4 is 53.3 Å². The highest BCUT2D eigenvalue weighted by atomic mass is 16.6. The van der Waals surface area contributed by atoms with Crippen LogP contribution in [0, 0.1) is 23.7 Å². The highest BCUT2D eigenvalue weighted by Crippen LogP contribution is 2.39. The van der Waals surface area contributed by atoms with Crippen molar-refractivity contribution in [3.05, 3.63) is 161 Å². The number of carboxylic acids is 2. The van der Waals surface area contributed by atoms with Gasteiger partial charge in [-0.15, -0.1) is 0 Å². The van der Waals surface area contributed by atoms with Crippen molar-refractivity contribution in [2.45, 2.75) is 32.5 Å². The number of nitrogens with zero attached hydrogens (tertiary/aromatic N) is 4. The Bertz CT molecular complexity index is 3270. The highest BCUT2D eigenvalue weighted by molar-refractivity contribution is 6.04. The number of aromatic carboxylic acids is 1. The normalized spacial score (nSPS) is 11.3. The van der Waals surface area contributed by atoms with E-state index in [-0.39, 0.29) is 18.5 Å². The van der Waals surface area contributed by atoms with Gasteiger partial charge in [-0.25, -0.2) is 14.4 Å². The van der Waals surface area contributed by atoms with Gasteiger partial charge in [-0.2, -0.15) is 10.2 Å². The molecule has 0 unspecified atom stereocenters. The number of aliphatic carboxylic acids is 1. The van der Waals surface area contributed by atoms with Gasteiger partial charge >= 0.3 is 30.0 Å². The van der Waals surface area contributed by atoms with Crippen molar-refractivity contribution in [1.29, 1.82) is 0 Å². The average Bonchev–Trinajstić information content (AvgIpc) is 3.90. The molecule has 0 aliphatic rings. The van der Waals surface area contributed by atoms with Gasteiger partial charge in [-0.05, 0) is 84.6 Å². The molecule has 6 N–H and O–H groups in total. The number of carboxylic acid groups (broad SMARTS) is 2. The van der Waals surface area contributed by atoms with E-state index in [0.717, 1.165) is 5.56 Å². The van der Waals surface area contributed by atoms with Gasteiger partial charge in [0.25, 0.3) is 5.91 Å². The van der Waals surface area contributed by atoms with E-state index in [4.69, 9.17) is 24.8 Å². The molecule has 0 saturated carbocycles. The molecule has 2 aromatic heterocycles. The molecule has 0 fully saturated rings. The van der Waals surface area contributed by atoms with Crippen LogP contribution in [0.2, 0.25) is 0 Å². The van der Waals surface area contributed by atoms with Crippen LogP contribution in [0.5, 0.6) is 0 Å². The molecular formula is C54H46N8O10. The lowest BCUT2D eigenvalue weighted by Gasteiger charge is -2.16. The van der Waals surface area contributed by atoms with Crippen LogP contribution in [0.3, 0.4) is 0 Å². The summed E-state index contributed by atoms with van der Waals surface area (Å²) >= 11 is 0. The van der Waals surface area contributed by atoms with Crippen LogP contribution in [0.15, 0.2) is 134 Å². The van der Waals surface area contributed by atoms with E-state index in [9.17, 15) is 28.8 Å². The lowest BCUT2D eigenvalue weighted by Crippen LogP contribution is -2.24. The summed E-state index contributed by atoms with van der Waals surface area (Å²) in [5.74, 6) is 7.98. The van der Waals surface area contributed by atoms with Crippen LogP contribution in [-0.2, 0) is 38.0 Å². The molecule has 18 heteroatoms. The van der Waals surface area contributed by atoms with E-state index in [2.05, 4.69) is 50.0 Å². The fourth-order valence-electron chi connectivity index (χ4n) is 7.18. The second-order valence-electron chi connectivity index (χ2n) is 16.0. The monoisotopic (exact) mass is 966 g/mol. The van der Waals surface area contributed by atoms with Crippen molar-refractivity contribution < 1.29 is 48.5 Å². The maximum atomic E-state index is 13.4. The molecule has 2 heterocycles. The minimum Gasteiger partial charge on any atom is -0.481 e. The molecule has 72 heavy (non-hydrogen) atoms. The molecule has 2 atom stereocenters. The standard InChI is InChI=1S/C54H46N8O10/c1-33(37-8-6-5-7-9-37)71-54(70)59-51-48(40-18-12-36(13-19-40)14-28-45(63)55-31-30-47(65)66)49(60-62(51)4)41-22-20-38(21-23-41)34(2)72-53(69)58-50-44(32-56-61(50)3)39-16-10-35(11-17-39)15-29-46(64)57-43-26-24-42(25-27-43)52(67)68/h5-13,16-27,32-34H,30-31H2,1-4H3,(H,55,63)(H,57,64)(H,58,69)(H,59,70)(H,65,66)(H,67,68)/t33-,34-/m1/s1. The van der Waals surface area contributed by atoms with Crippen molar-refractivity contribution in [1.82, 2.24) is 24.9 Å². The minimum absolute atomic E-state index is 0.0505. The van der Waals surface area contributed by atoms with Gasteiger partial charge in [0.05, 0.1) is 23.7 Å². The Hall–Kier alpha value is -9.94. The number of aromatic nitrogens is 4. The molecule has 0 saturated heterocycles. The molecule has 0 spiro atoms. The lowest BCUT2D eigenvalue weighted by atomic mass is 9.98. The zero-order valence-electron chi connectivity index (χ0n) is 39.2. The number of carbonyl (C=O) groups excluding carboxylic acids is 4. The van der Waals surface area contributed by atoms with E-state index < -0.39 is 48.1 Å². The van der Waals surface area contributed by atoms with E-state index >= 15 is 0 Å². The largest absolute Gasteiger partial charge is 0.481 e. The molecular weight excluding hydrogens is 921 g/mol. The summed E-state index contributed by atoms with van der Waals surface area (Å²) in [6, 6.07) is 36.2. The molecule has 0 radical (unpaired) electrons. The van der Waals surface area contributed by atoms with Crippen LogP contribution in [0.4, 0.5) is 26.9 Å². The van der Waals surface area contributed by atoms with Crippen LogP contribution in [0.25, 0.3) is 33.5 Å². The summed E-state index contributed by atoms with van der Waals surface area (Å²) < 4.78 is 14.6. The third-order valence-electron chi connectivity index (χ3n) is 10.9. The van der Waals surface area contributed by atoms with E-state index in [1.807, 2.05) is 42.5 Å². The van der Waals surface area contributed by atoms with Gasteiger partial charge in [0.1, 0.15) is 29.5 Å². The summed E-state index contributed by atoms with van der Waals surface area (Å²) in [7, 11) is 3.36. The van der Waals surface area contributed by atoms with Gasteiger partial charge in [0, 0.05) is 60.4 Å². The van der Waals surface area contributed by atoms with Crippen molar-refractivity contribution in [2.24, 2.45) is 14.1 Å². The number of benzene rings is 5. The van der Waals surface area contributed by atoms with Crippen molar-refractivity contribution in [3.8, 4) is 57.2 Å². The number of nitrogens with one attached hydrogen (secondary N) is 4. The Morgan fingerprint density at radius 1 is 0.611 bits per heavy atom. The van der Waals surface area contributed by atoms with Crippen LogP contribution < -0.4 is 21.3 Å². The molecule has 0 bridgehead atoms. The Labute approximate surface area is 413 Å². The van der Waals surface area contributed by atoms with Gasteiger partial charge in [0.2, 0.25) is 0 Å². The number of carbonyl (C=O) groups is 6. The Kier molecular flexibility index (Phi) is 15.9. The predicted octanol–water partition coefficient (Wildman–Crippen LogP) is 8.40. The van der Waals surface area contributed by atoms with E-state index in [1.165, 1.54) is 33.6 Å². The first-order chi connectivity index (χ1) is 34.6. The first-order valence-corrected chi connectivity index (χ1v) is 22.2. The quantitative estimate of drug-likeness (QED) is 0.0563. The Morgan fingerprint density at radius 2 is 1.15 bits per heavy atom. The van der Waals surface area contributed by atoms with Gasteiger partial charge in [-0.3, -0.25) is 34.4 Å². The number of rotatable bonds is 14. The zero-order valence-corrected chi connectivity index (χ0v) is 39.2. The number of ether oxygens (including phenoxy) is 2. The zero-order chi connectivity index (χ0) is 51.3. The van der Waals surface area contributed by atoms with Crippen LogP contribution in [-0.4, -0.2) is 72.3 Å². The number of anilines is 3. The number of hydrogen-bond acceptors (Lipinski definition) is 10. The van der Waals surface area contributed by atoms with Gasteiger partial charge < -0.3 is 30.3 Å². The summed E-state index contributed by atoms with van der Waals surface area (Å²) in [6.45, 7) is 3.45. The van der Waals surface area contributed by atoms with Crippen LogP contribution >= 0.6 is 0 Å². The third kappa shape index (κ3) is 13.0. The predicted molar refractivity (Wildman–Crippen MR) is 267 cm³/mol. The topological polar surface area (TPSA) is 245 Å². The molecule has 5 aromatic carbocycles. The highest BCUT2D eigenvalue weighted by Gasteiger charge is 2.24. The van der Waals surface area contributed by atoms with Crippen molar-refractivity contribution in [3.63, 3.8) is 0 Å². The summed E-state index contributed by atoms with van der Waals surface area (Å²) in [4.78, 5) is 73.2. The molecule has 362 valence electrons. The summed E-state index contributed by atoms with van der Waals surface area (Å²) in [6.07, 6.45) is -1.32. The molecule has 7 rings (SSSR count). The fraction of sp³-hybridized carbons (Fsp3) is 0.148. The molecule has 0 aliphatic carbocycles. The van der Waals surface area contributed by atoms with Gasteiger partial charge in [0.15, 0.2) is 0 Å². The second kappa shape index (κ2) is 22.9. The van der Waals surface area contributed by atoms with Crippen LogP contribution in [0.1, 0.15) is 65.1 Å². The maximum Gasteiger partial charge on any atom is 0.413 e.